The first kappa shape index (κ1) is 14.7. The number of rotatable bonds is 5. The summed E-state index contributed by atoms with van der Waals surface area (Å²) in [5, 5.41) is 3.75. The summed E-state index contributed by atoms with van der Waals surface area (Å²) in [5.41, 5.74) is 0.499. The van der Waals surface area contributed by atoms with Gasteiger partial charge in [-0.2, -0.15) is 21.9 Å². The predicted molar refractivity (Wildman–Crippen MR) is 65.3 cm³/mol. The number of hydrogen-bond acceptors (Lipinski definition) is 5. The van der Waals surface area contributed by atoms with Gasteiger partial charge in [-0.15, -0.1) is 0 Å². The van der Waals surface area contributed by atoms with Crippen molar-refractivity contribution >= 4 is 16.2 Å². The van der Waals surface area contributed by atoms with Crippen molar-refractivity contribution in [1.29, 1.82) is 0 Å². The maximum atomic E-state index is 11.8. The summed E-state index contributed by atoms with van der Waals surface area (Å²) in [6, 6.07) is 0. The quantitative estimate of drug-likeness (QED) is 0.717. The van der Waals surface area contributed by atoms with Gasteiger partial charge in [-0.3, -0.25) is 4.79 Å². The zero-order chi connectivity index (χ0) is 13.9. The Morgan fingerprint density at radius 3 is 2.67 bits per heavy atom. The average molecular weight is 275 g/mol. The molecule has 1 atom stereocenters. The highest BCUT2D eigenvalue weighted by Gasteiger charge is 2.22. The van der Waals surface area contributed by atoms with E-state index in [1.165, 1.54) is 26.5 Å². The van der Waals surface area contributed by atoms with E-state index in [-0.39, 0.29) is 6.61 Å². The van der Waals surface area contributed by atoms with Crippen LogP contribution in [-0.4, -0.2) is 48.6 Å². The van der Waals surface area contributed by atoms with Crippen LogP contribution in [-0.2, 0) is 19.7 Å². The highest BCUT2D eigenvalue weighted by Crippen LogP contribution is 2.17. The zero-order valence-corrected chi connectivity index (χ0v) is 11.6. The lowest BCUT2D eigenvalue weighted by Gasteiger charge is -2.10. The summed E-state index contributed by atoms with van der Waals surface area (Å²) in [6.45, 7) is 3.64. The second-order valence-corrected chi connectivity index (χ2v) is 5.91. The molecule has 1 heterocycles. The highest BCUT2D eigenvalue weighted by atomic mass is 32.2. The van der Waals surface area contributed by atoms with Gasteiger partial charge in [0.2, 0.25) is 0 Å². The van der Waals surface area contributed by atoms with Crippen molar-refractivity contribution in [2.24, 2.45) is 0 Å². The second-order valence-electron chi connectivity index (χ2n) is 3.91. The molecule has 0 radical (unpaired) electrons. The number of esters is 1. The maximum absolute atomic E-state index is 11.8. The predicted octanol–water partition coefficient (Wildman–Crippen LogP) is 0.204. The van der Waals surface area contributed by atoms with Crippen LogP contribution in [0.1, 0.15) is 25.3 Å². The monoisotopic (exact) mass is 275 g/mol. The summed E-state index contributed by atoms with van der Waals surface area (Å²) in [7, 11) is -0.824. The van der Waals surface area contributed by atoms with E-state index >= 15 is 0 Å². The van der Waals surface area contributed by atoms with Crippen LogP contribution >= 0.6 is 0 Å². The van der Waals surface area contributed by atoms with Crippen molar-refractivity contribution in [3.05, 3.63) is 18.0 Å². The van der Waals surface area contributed by atoms with Gasteiger partial charge in [-0.05, 0) is 13.8 Å². The summed E-state index contributed by atoms with van der Waals surface area (Å²) in [6.07, 6.45) is 2.67. The molecule has 0 aliphatic carbocycles. The number of nitrogens with zero attached hydrogens (tertiary/aromatic N) is 3. The van der Waals surface area contributed by atoms with Gasteiger partial charge in [-0.1, -0.05) is 0 Å². The number of carbonyl (C=O) groups is 1. The molecule has 0 bridgehead atoms. The topological polar surface area (TPSA) is 81.5 Å². The van der Waals surface area contributed by atoms with Crippen LogP contribution in [0, 0.1) is 0 Å². The first-order valence-electron chi connectivity index (χ1n) is 5.45. The van der Waals surface area contributed by atoms with Crippen LogP contribution < -0.4 is 0 Å². The Labute approximate surface area is 107 Å². The van der Waals surface area contributed by atoms with Crippen LogP contribution in [0.15, 0.2) is 12.4 Å². The molecule has 102 valence electrons. The van der Waals surface area contributed by atoms with Crippen molar-refractivity contribution in [3.8, 4) is 0 Å². The molecule has 0 aliphatic rings. The largest absolute Gasteiger partial charge is 0.466 e. The minimum Gasteiger partial charge on any atom is -0.466 e. The molecule has 0 saturated carbocycles. The Morgan fingerprint density at radius 2 is 2.17 bits per heavy atom. The molecule has 1 unspecified atom stereocenters. The molecule has 18 heavy (non-hydrogen) atoms. The highest BCUT2D eigenvalue weighted by molar-refractivity contribution is 7.87. The Bertz CT molecular complexity index is 521. The summed E-state index contributed by atoms with van der Waals surface area (Å²) >= 11 is 0. The van der Waals surface area contributed by atoms with Crippen molar-refractivity contribution in [2.75, 3.05) is 20.7 Å². The van der Waals surface area contributed by atoms with Gasteiger partial charge in [0.05, 0.1) is 18.7 Å². The zero-order valence-electron chi connectivity index (χ0n) is 10.8. The molecule has 7 nitrogen and oxygen atoms in total. The smallest absolute Gasteiger partial charge is 0.322 e. The summed E-state index contributed by atoms with van der Waals surface area (Å²) in [4.78, 5) is 11.5. The van der Waals surface area contributed by atoms with Gasteiger partial charge in [-0.25, -0.2) is 0 Å². The third-order valence-electron chi connectivity index (χ3n) is 2.42. The first-order chi connectivity index (χ1) is 8.30. The fraction of sp³-hybridized carbons (Fsp3) is 0.600. The summed E-state index contributed by atoms with van der Waals surface area (Å²) in [5.74, 6) is -0.949. The van der Waals surface area contributed by atoms with Crippen molar-refractivity contribution in [2.45, 2.75) is 19.8 Å². The average Bonchev–Trinajstić information content (AvgIpc) is 2.77. The fourth-order valence-electron chi connectivity index (χ4n) is 1.24. The molecular weight excluding hydrogens is 258 g/mol. The lowest BCUT2D eigenvalue weighted by Crippen LogP contribution is -2.29. The molecule has 0 N–H and O–H groups in total. The molecule has 0 aromatic carbocycles. The van der Waals surface area contributed by atoms with E-state index in [1.54, 1.807) is 13.8 Å². The van der Waals surface area contributed by atoms with E-state index in [0.717, 1.165) is 8.39 Å². The molecule has 1 rings (SSSR count). The minimum absolute atomic E-state index is 0.285. The fourth-order valence-corrected chi connectivity index (χ4v) is 1.99. The lowest BCUT2D eigenvalue weighted by atomic mass is 10.1. The second kappa shape index (κ2) is 5.49. The van der Waals surface area contributed by atoms with Gasteiger partial charge in [0.25, 0.3) is 0 Å². The number of ether oxygens (including phenoxy) is 1. The Balaban J connectivity index is 2.97. The Hall–Kier alpha value is -1.41. The van der Waals surface area contributed by atoms with Crippen molar-refractivity contribution in [3.63, 3.8) is 0 Å². The van der Waals surface area contributed by atoms with Gasteiger partial charge < -0.3 is 4.74 Å². The molecule has 1 aromatic heterocycles. The third-order valence-corrected chi connectivity index (χ3v) is 4.01. The SMILES string of the molecule is CCOC(=O)C(C)c1cnn(S(=O)(=O)N(C)C)c1. The molecule has 0 saturated heterocycles. The third kappa shape index (κ3) is 2.88. The van der Waals surface area contributed by atoms with Crippen molar-refractivity contribution in [1.82, 2.24) is 13.5 Å². The van der Waals surface area contributed by atoms with E-state index in [1.807, 2.05) is 0 Å². The van der Waals surface area contributed by atoms with E-state index < -0.39 is 22.1 Å². The molecule has 0 amide bonds. The van der Waals surface area contributed by atoms with E-state index in [4.69, 9.17) is 4.74 Å². The number of carbonyl (C=O) groups excluding carboxylic acids is 1. The molecule has 1 aromatic rings. The standard InChI is InChI=1S/C10H17N3O4S/c1-5-17-10(14)8(2)9-6-11-13(7-9)18(15,16)12(3)4/h6-8H,5H2,1-4H3. The van der Waals surface area contributed by atoms with Crippen molar-refractivity contribution < 1.29 is 17.9 Å². The van der Waals surface area contributed by atoms with Crippen LogP contribution in [0.5, 0.6) is 0 Å². The maximum Gasteiger partial charge on any atom is 0.322 e. The number of hydrogen-bond donors (Lipinski definition) is 0. The van der Waals surface area contributed by atoms with Gasteiger partial charge in [0.1, 0.15) is 0 Å². The number of aromatic nitrogens is 2. The lowest BCUT2D eigenvalue weighted by molar-refractivity contribution is -0.144. The van der Waals surface area contributed by atoms with Gasteiger partial charge in [0.15, 0.2) is 0 Å². The van der Waals surface area contributed by atoms with Gasteiger partial charge in [0, 0.05) is 25.9 Å². The Kier molecular flexibility index (Phi) is 4.47. The van der Waals surface area contributed by atoms with Crippen LogP contribution in [0.2, 0.25) is 0 Å². The first-order valence-corrected chi connectivity index (χ1v) is 6.84. The van der Waals surface area contributed by atoms with E-state index in [2.05, 4.69) is 5.10 Å². The summed E-state index contributed by atoms with van der Waals surface area (Å²) < 4.78 is 30.3. The Morgan fingerprint density at radius 1 is 1.56 bits per heavy atom. The van der Waals surface area contributed by atoms with E-state index in [0.29, 0.717) is 5.56 Å². The normalized spacial score (nSPS) is 13.6. The van der Waals surface area contributed by atoms with Crippen LogP contribution in [0.3, 0.4) is 0 Å². The van der Waals surface area contributed by atoms with Gasteiger partial charge >= 0.3 is 16.2 Å². The molecule has 8 heteroatoms. The molecule has 0 aliphatic heterocycles. The molecule has 0 spiro atoms. The molecule has 0 fully saturated rings. The molecular formula is C10H17N3O4S. The van der Waals surface area contributed by atoms with E-state index in [9.17, 15) is 13.2 Å². The van der Waals surface area contributed by atoms with Crippen LogP contribution in [0.4, 0.5) is 0 Å². The van der Waals surface area contributed by atoms with Crippen LogP contribution in [0.25, 0.3) is 0 Å². The minimum atomic E-state index is -3.64.